The summed E-state index contributed by atoms with van der Waals surface area (Å²) in [5, 5.41) is 5.42. The first-order chi connectivity index (χ1) is 14.4. The highest BCUT2D eigenvalue weighted by Gasteiger charge is 2.14. The highest BCUT2D eigenvalue weighted by molar-refractivity contribution is 5.97. The molecule has 154 valence electrons. The number of hydrogen-bond acceptors (Lipinski definition) is 5. The molecule has 0 fully saturated rings. The maximum Gasteiger partial charge on any atom is 0.273 e. The lowest BCUT2D eigenvalue weighted by atomic mass is 10.0. The van der Waals surface area contributed by atoms with Crippen molar-refractivity contribution in [3.8, 4) is 11.3 Å². The monoisotopic (exact) mass is 403 g/mol. The average molecular weight is 403 g/mol. The molecule has 0 aliphatic heterocycles. The molecule has 4 N–H and O–H groups in total. The summed E-state index contributed by atoms with van der Waals surface area (Å²) >= 11 is 0. The summed E-state index contributed by atoms with van der Waals surface area (Å²) in [7, 11) is 1.50. The minimum Gasteiger partial charge on any atom is -0.382 e. The Hall–Kier alpha value is -3.74. The van der Waals surface area contributed by atoms with Gasteiger partial charge in [0.2, 0.25) is 0 Å². The van der Waals surface area contributed by atoms with Crippen molar-refractivity contribution in [1.82, 2.24) is 20.6 Å². The van der Waals surface area contributed by atoms with E-state index >= 15 is 0 Å². The molecule has 0 bridgehead atoms. The van der Waals surface area contributed by atoms with Gasteiger partial charge >= 0.3 is 0 Å². The number of aromatic nitrogens is 2. The van der Waals surface area contributed by atoms with Crippen LogP contribution in [0.3, 0.4) is 0 Å². The maximum absolute atomic E-state index is 12.6. The third-order valence-electron chi connectivity index (χ3n) is 4.76. The Bertz CT molecular complexity index is 1060. The Balaban J connectivity index is 1.75. The molecule has 1 heterocycles. The van der Waals surface area contributed by atoms with Crippen LogP contribution in [0.5, 0.6) is 0 Å². The lowest BCUT2D eigenvalue weighted by Gasteiger charge is -2.10. The molecule has 30 heavy (non-hydrogen) atoms. The Morgan fingerprint density at radius 2 is 1.80 bits per heavy atom. The molecule has 0 radical (unpaired) electrons. The van der Waals surface area contributed by atoms with E-state index in [1.807, 2.05) is 12.1 Å². The van der Waals surface area contributed by atoms with E-state index in [1.54, 1.807) is 24.3 Å². The van der Waals surface area contributed by atoms with Crippen molar-refractivity contribution in [2.24, 2.45) is 0 Å². The highest BCUT2D eigenvalue weighted by Crippen LogP contribution is 2.20. The van der Waals surface area contributed by atoms with Gasteiger partial charge in [-0.25, -0.2) is 9.97 Å². The molecule has 1 aromatic heterocycles. The van der Waals surface area contributed by atoms with Gasteiger partial charge < -0.3 is 16.4 Å². The number of amides is 2. The number of anilines is 1. The van der Waals surface area contributed by atoms with Gasteiger partial charge in [0.25, 0.3) is 11.8 Å². The fourth-order valence-corrected chi connectivity index (χ4v) is 2.95. The molecule has 0 aliphatic carbocycles. The van der Waals surface area contributed by atoms with Crippen molar-refractivity contribution >= 4 is 17.6 Å². The molecule has 0 unspecified atom stereocenters. The van der Waals surface area contributed by atoms with Crippen molar-refractivity contribution in [2.45, 2.75) is 26.3 Å². The van der Waals surface area contributed by atoms with E-state index in [-0.39, 0.29) is 17.4 Å². The molecule has 0 aliphatic rings. The van der Waals surface area contributed by atoms with Gasteiger partial charge in [0.05, 0.1) is 11.9 Å². The second-order valence-electron chi connectivity index (χ2n) is 7.23. The molecule has 0 saturated heterocycles. The van der Waals surface area contributed by atoms with Gasteiger partial charge in [-0.1, -0.05) is 50.2 Å². The number of nitrogen functional groups attached to an aromatic ring is 1. The fourth-order valence-electron chi connectivity index (χ4n) is 2.95. The maximum atomic E-state index is 12.6. The van der Waals surface area contributed by atoms with Crippen molar-refractivity contribution in [3.05, 3.63) is 77.1 Å². The Morgan fingerprint density at radius 1 is 1.07 bits per heavy atom. The normalized spacial score (nSPS) is 10.7. The van der Waals surface area contributed by atoms with Crippen LogP contribution in [0, 0.1) is 0 Å². The zero-order valence-electron chi connectivity index (χ0n) is 17.3. The Kier molecular flexibility index (Phi) is 6.41. The summed E-state index contributed by atoms with van der Waals surface area (Å²) in [5.74, 6) is -0.0915. The van der Waals surface area contributed by atoms with Crippen molar-refractivity contribution in [1.29, 1.82) is 0 Å². The molecule has 3 aromatic rings. The minimum atomic E-state index is -0.417. The molecule has 0 saturated carbocycles. The van der Waals surface area contributed by atoms with Crippen molar-refractivity contribution < 1.29 is 9.59 Å². The van der Waals surface area contributed by atoms with E-state index in [4.69, 9.17) is 5.73 Å². The number of nitrogens with zero attached hydrogens (tertiary/aromatic N) is 2. The summed E-state index contributed by atoms with van der Waals surface area (Å²) < 4.78 is 0. The molecule has 0 atom stereocenters. The fraction of sp³-hybridized carbons (Fsp3) is 0.217. The van der Waals surface area contributed by atoms with Crippen LogP contribution in [0.4, 0.5) is 5.82 Å². The van der Waals surface area contributed by atoms with Gasteiger partial charge in [-0.05, 0) is 29.2 Å². The number of benzene rings is 2. The molecule has 0 spiro atoms. The SMILES string of the molecule is CNC(=O)c1nc(-c2cccc(C(=O)NCc3ccc(C(C)C)cc3)c2)cnc1N. The zero-order valence-corrected chi connectivity index (χ0v) is 17.3. The molecule has 2 aromatic carbocycles. The quantitative estimate of drug-likeness (QED) is 0.586. The molecule has 2 amide bonds. The van der Waals surface area contributed by atoms with E-state index in [0.717, 1.165) is 5.56 Å². The summed E-state index contributed by atoms with van der Waals surface area (Å²) in [6.07, 6.45) is 1.48. The third kappa shape index (κ3) is 4.81. The number of hydrogen-bond donors (Lipinski definition) is 3. The number of rotatable bonds is 6. The van der Waals surface area contributed by atoms with Crippen LogP contribution in [0.15, 0.2) is 54.7 Å². The van der Waals surface area contributed by atoms with E-state index in [9.17, 15) is 9.59 Å². The second-order valence-corrected chi connectivity index (χ2v) is 7.23. The highest BCUT2D eigenvalue weighted by atomic mass is 16.2. The van der Waals surface area contributed by atoms with Crippen LogP contribution in [0.1, 0.15) is 51.7 Å². The van der Waals surface area contributed by atoms with Crippen LogP contribution in [-0.4, -0.2) is 28.8 Å². The number of nitrogens with one attached hydrogen (secondary N) is 2. The average Bonchev–Trinajstić information content (AvgIpc) is 2.77. The topological polar surface area (TPSA) is 110 Å². The van der Waals surface area contributed by atoms with E-state index < -0.39 is 5.91 Å². The van der Waals surface area contributed by atoms with E-state index in [2.05, 4.69) is 46.6 Å². The smallest absolute Gasteiger partial charge is 0.273 e. The zero-order chi connectivity index (χ0) is 21.7. The second kappa shape index (κ2) is 9.17. The van der Waals surface area contributed by atoms with Gasteiger partial charge in [0.1, 0.15) is 0 Å². The molecule has 7 heteroatoms. The summed E-state index contributed by atoms with van der Waals surface area (Å²) in [6, 6.07) is 15.2. The van der Waals surface area contributed by atoms with E-state index in [0.29, 0.717) is 29.3 Å². The Labute approximate surface area is 175 Å². The largest absolute Gasteiger partial charge is 0.382 e. The van der Waals surface area contributed by atoms with Crippen molar-refractivity contribution in [2.75, 3.05) is 12.8 Å². The van der Waals surface area contributed by atoms with Crippen LogP contribution in [0.2, 0.25) is 0 Å². The van der Waals surface area contributed by atoms with Crippen LogP contribution in [0.25, 0.3) is 11.3 Å². The molecular formula is C23H25N5O2. The van der Waals surface area contributed by atoms with Gasteiger partial charge in [-0.3, -0.25) is 9.59 Å². The predicted octanol–water partition coefficient (Wildman–Crippen LogP) is 3.14. The van der Waals surface area contributed by atoms with Gasteiger partial charge in [0, 0.05) is 24.7 Å². The lowest BCUT2D eigenvalue weighted by Crippen LogP contribution is -2.23. The van der Waals surface area contributed by atoms with Gasteiger partial charge in [0.15, 0.2) is 11.5 Å². The van der Waals surface area contributed by atoms with Crippen molar-refractivity contribution in [3.63, 3.8) is 0 Å². The van der Waals surface area contributed by atoms with Gasteiger partial charge in [-0.15, -0.1) is 0 Å². The van der Waals surface area contributed by atoms with Gasteiger partial charge in [-0.2, -0.15) is 0 Å². The first kappa shape index (κ1) is 21.0. The van der Waals surface area contributed by atoms with Crippen LogP contribution < -0.4 is 16.4 Å². The summed E-state index contributed by atoms with van der Waals surface area (Å²) in [6.45, 7) is 4.73. The summed E-state index contributed by atoms with van der Waals surface area (Å²) in [5.41, 5.74) is 9.71. The minimum absolute atomic E-state index is 0.0506. The molecule has 3 rings (SSSR count). The standard InChI is InChI=1S/C23H25N5O2/c1-14(2)16-9-7-15(8-10-16)12-27-22(29)18-6-4-5-17(11-18)19-13-26-21(24)20(28-19)23(30)25-3/h4-11,13-14H,12H2,1-3H3,(H2,24,26)(H,25,30)(H,27,29). The first-order valence-corrected chi connectivity index (χ1v) is 9.71. The Morgan fingerprint density at radius 3 is 2.47 bits per heavy atom. The number of carbonyl (C=O) groups is 2. The number of nitrogens with two attached hydrogens (primary N) is 1. The predicted molar refractivity (Wildman–Crippen MR) is 117 cm³/mol. The van der Waals surface area contributed by atoms with E-state index in [1.165, 1.54) is 18.8 Å². The molecular weight excluding hydrogens is 378 g/mol. The third-order valence-corrected chi connectivity index (χ3v) is 4.76. The molecule has 7 nitrogen and oxygen atoms in total. The first-order valence-electron chi connectivity index (χ1n) is 9.71. The number of carbonyl (C=O) groups excluding carboxylic acids is 2. The van der Waals surface area contributed by atoms with Crippen LogP contribution >= 0.6 is 0 Å². The lowest BCUT2D eigenvalue weighted by molar-refractivity contribution is 0.0945. The summed E-state index contributed by atoms with van der Waals surface area (Å²) in [4.78, 5) is 32.9. The van der Waals surface area contributed by atoms with Crippen LogP contribution in [-0.2, 0) is 6.54 Å².